The van der Waals surface area contributed by atoms with Crippen molar-refractivity contribution in [1.29, 1.82) is 0 Å². The maximum atomic E-state index is 11.2. The van der Waals surface area contributed by atoms with Gasteiger partial charge < -0.3 is 5.11 Å². The molecule has 0 unspecified atom stereocenters. The van der Waals surface area contributed by atoms with Crippen LogP contribution in [0.4, 0.5) is 0 Å². The summed E-state index contributed by atoms with van der Waals surface area (Å²) in [6, 6.07) is 5.22. The number of hydrogen-bond acceptors (Lipinski definition) is 3. The molecule has 1 fully saturated rings. The number of carbonyl (C=O) groups is 1. The Bertz CT molecular complexity index is 615. The average Bonchev–Trinajstić information content (AvgIpc) is 2.89. The number of carboxylic acid groups (broad SMARTS) is 1. The van der Waals surface area contributed by atoms with E-state index in [1.807, 2.05) is 10.7 Å². The van der Waals surface area contributed by atoms with Gasteiger partial charge in [0.05, 0.1) is 11.1 Å². The zero-order chi connectivity index (χ0) is 13.9. The molecule has 3 rings (SSSR count). The number of nitrogens with zero attached hydrogens (tertiary/aromatic N) is 3. The molecule has 0 aliphatic heterocycles. The molecule has 1 aromatic heterocycles. The van der Waals surface area contributed by atoms with E-state index in [1.165, 1.54) is 32.1 Å². The van der Waals surface area contributed by atoms with Crippen LogP contribution in [-0.4, -0.2) is 26.1 Å². The lowest BCUT2D eigenvalue weighted by molar-refractivity contribution is 0.0699. The van der Waals surface area contributed by atoms with Crippen LogP contribution in [0, 0.1) is 5.92 Å². The van der Waals surface area contributed by atoms with E-state index in [0.717, 1.165) is 24.4 Å². The molecule has 1 saturated carbocycles. The van der Waals surface area contributed by atoms with Gasteiger partial charge in [0.2, 0.25) is 0 Å². The Morgan fingerprint density at radius 3 is 2.85 bits per heavy atom. The summed E-state index contributed by atoms with van der Waals surface area (Å²) in [7, 11) is 0. The van der Waals surface area contributed by atoms with Gasteiger partial charge in [-0.3, -0.25) is 0 Å². The van der Waals surface area contributed by atoms with Crippen molar-refractivity contribution in [2.75, 3.05) is 0 Å². The lowest BCUT2D eigenvalue weighted by Gasteiger charge is -2.21. The first-order valence-electron chi connectivity index (χ1n) is 7.31. The molecule has 1 aromatic carbocycles. The summed E-state index contributed by atoms with van der Waals surface area (Å²) in [5.41, 5.74) is 1.54. The Hall–Kier alpha value is -1.91. The predicted molar refractivity (Wildman–Crippen MR) is 75.7 cm³/mol. The van der Waals surface area contributed by atoms with Crippen molar-refractivity contribution in [1.82, 2.24) is 15.0 Å². The topological polar surface area (TPSA) is 68.0 Å². The molecule has 0 saturated heterocycles. The standard InChI is InChI=1S/C15H19N3O2/c19-15(20)12-7-4-8-13-14(12)16-17-18(13)10-9-11-5-2-1-3-6-11/h4,7-8,11H,1-3,5-6,9-10H2,(H,19,20). The van der Waals surface area contributed by atoms with Gasteiger partial charge in [-0.05, 0) is 24.5 Å². The van der Waals surface area contributed by atoms with Crippen molar-refractivity contribution >= 4 is 17.0 Å². The molecule has 1 aliphatic rings. The number of fused-ring (bicyclic) bond motifs is 1. The van der Waals surface area contributed by atoms with Gasteiger partial charge in [-0.25, -0.2) is 9.48 Å². The van der Waals surface area contributed by atoms with E-state index in [0.29, 0.717) is 5.52 Å². The number of benzene rings is 1. The van der Waals surface area contributed by atoms with Gasteiger partial charge in [0, 0.05) is 6.54 Å². The van der Waals surface area contributed by atoms with Crippen molar-refractivity contribution in [3.63, 3.8) is 0 Å². The highest BCUT2D eigenvalue weighted by Gasteiger charge is 2.16. The van der Waals surface area contributed by atoms with E-state index in [9.17, 15) is 4.79 Å². The molecule has 0 amide bonds. The molecule has 1 aliphatic carbocycles. The van der Waals surface area contributed by atoms with Gasteiger partial charge in [0.1, 0.15) is 5.52 Å². The van der Waals surface area contributed by atoms with E-state index in [1.54, 1.807) is 12.1 Å². The summed E-state index contributed by atoms with van der Waals surface area (Å²) in [6.45, 7) is 0.824. The second-order valence-electron chi connectivity index (χ2n) is 5.58. The van der Waals surface area contributed by atoms with Crippen LogP contribution < -0.4 is 0 Å². The number of hydrogen-bond donors (Lipinski definition) is 1. The number of aryl methyl sites for hydroxylation is 1. The van der Waals surface area contributed by atoms with Gasteiger partial charge in [-0.1, -0.05) is 43.4 Å². The van der Waals surface area contributed by atoms with E-state index >= 15 is 0 Å². The van der Waals surface area contributed by atoms with Crippen molar-refractivity contribution in [3.05, 3.63) is 23.8 Å². The Morgan fingerprint density at radius 1 is 1.30 bits per heavy atom. The summed E-state index contributed by atoms with van der Waals surface area (Å²) in [6.07, 6.45) is 7.78. The van der Waals surface area contributed by atoms with Crippen LogP contribution in [0.5, 0.6) is 0 Å². The van der Waals surface area contributed by atoms with Crippen LogP contribution in [0.25, 0.3) is 11.0 Å². The predicted octanol–water partition coefficient (Wildman–Crippen LogP) is 3.10. The molecule has 0 bridgehead atoms. The second kappa shape index (κ2) is 5.61. The number of aromatic carboxylic acids is 1. The van der Waals surface area contributed by atoms with Gasteiger partial charge >= 0.3 is 5.97 Å². The summed E-state index contributed by atoms with van der Waals surface area (Å²) in [4.78, 5) is 11.2. The maximum Gasteiger partial charge on any atom is 0.338 e. The summed E-state index contributed by atoms with van der Waals surface area (Å²) >= 11 is 0. The fourth-order valence-corrected chi connectivity index (χ4v) is 3.11. The van der Waals surface area contributed by atoms with E-state index in [2.05, 4.69) is 10.3 Å². The van der Waals surface area contributed by atoms with Crippen LogP contribution in [0.3, 0.4) is 0 Å². The minimum atomic E-state index is -0.949. The molecular weight excluding hydrogens is 254 g/mol. The SMILES string of the molecule is O=C(O)c1cccc2c1nnn2CCC1CCCCC1. The Balaban J connectivity index is 1.78. The first-order chi connectivity index (χ1) is 9.75. The fourth-order valence-electron chi connectivity index (χ4n) is 3.11. The molecule has 5 nitrogen and oxygen atoms in total. The molecule has 106 valence electrons. The van der Waals surface area contributed by atoms with Gasteiger partial charge in [0.15, 0.2) is 0 Å². The van der Waals surface area contributed by atoms with Crippen LogP contribution in [0.1, 0.15) is 48.9 Å². The average molecular weight is 273 g/mol. The lowest BCUT2D eigenvalue weighted by Crippen LogP contribution is -2.11. The van der Waals surface area contributed by atoms with Crippen molar-refractivity contribution in [2.45, 2.75) is 45.1 Å². The molecule has 2 aromatic rings. The van der Waals surface area contributed by atoms with Crippen molar-refractivity contribution < 1.29 is 9.90 Å². The summed E-state index contributed by atoms with van der Waals surface area (Å²) in [5.74, 6) is -0.166. The van der Waals surface area contributed by atoms with Crippen LogP contribution in [-0.2, 0) is 6.54 Å². The zero-order valence-corrected chi connectivity index (χ0v) is 11.5. The summed E-state index contributed by atoms with van der Waals surface area (Å²) in [5, 5.41) is 17.3. The highest BCUT2D eigenvalue weighted by Crippen LogP contribution is 2.27. The van der Waals surface area contributed by atoms with Crippen molar-refractivity contribution in [2.24, 2.45) is 5.92 Å². The number of rotatable bonds is 4. The highest BCUT2D eigenvalue weighted by molar-refractivity contribution is 6.00. The van der Waals surface area contributed by atoms with E-state index in [4.69, 9.17) is 5.11 Å². The molecule has 1 heterocycles. The minimum Gasteiger partial charge on any atom is -0.478 e. The van der Waals surface area contributed by atoms with E-state index < -0.39 is 5.97 Å². The van der Waals surface area contributed by atoms with Gasteiger partial charge in [-0.2, -0.15) is 0 Å². The molecular formula is C15H19N3O2. The molecule has 0 spiro atoms. The molecule has 1 N–H and O–H groups in total. The third-order valence-corrected chi connectivity index (χ3v) is 4.25. The first-order valence-corrected chi connectivity index (χ1v) is 7.31. The number of carboxylic acids is 1. The van der Waals surface area contributed by atoms with E-state index in [-0.39, 0.29) is 5.56 Å². The zero-order valence-electron chi connectivity index (χ0n) is 11.5. The smallest absolute Gasteiger partial charge is 0.338 e. The fraction of sp³-hybridized carbons (Fsp3) is 0.533. The van der Waals surface area contributed by atoms with Gasteiger partial charge in [0.25, 0.3) is 0 Å². The lowest BCUT2D eigenvalue weighted by atomic mass is 9.87. The Labute approximate surface area is 117 Å². The Morgan fingerprint density at radius 2 is 2.10 bits per heavy atom. The molecule has 20 heavy (non-hydrogen) atoms. The Kier molecular flexibility index (Phi) is 3.67. The minimum absolute atomic E-state index is 0.228. The van der Waals surface area contributed by atoms with Crippen LogP contribution in [0.2, 0.25) is 0 Å². The first kappa shape index (κ1) is 13.1. The normalized spacial score (nSPS) is 16.6. The molecule has 5 heteroatoms. The molecule has 0 atom stereocenters. The summed E-state index contributed by atoms with van der Waals surface area (Å²) < 4.78 is 1.84. The monoisotopic (exact) mass is 273 g/mol. The largest absolute Gasteiger partial charge is 0.478 e. The van der Waals surface area contributed by atoms with Crippen LogP contribution >= 0.6 is 0 Å². The molecule has 0 radical (unpaired) electrons. The van der Waals surface area contributed by atoms with Crippen LogP contribution in [0.15, 0.2) is 18.2 Å². The third kappa shape index (κ3) is 2.53. The van der Waals surface area contributed by atoms with Crippen molar-refractivity contribution in [3.8, 4) is 0 Å². The quantitative estimate of drug-likeness (QED) is 0.929. The van der Waals surface area contributed by atoms with Gasteiger partial charge in [-0.15, -0.1) is 5.10 Å². The number of aromatic nitrogens is 3. The third-order valence-electron chi connectivity index (χ3n) is 4.25. The maximum absolute atomic E-state index is 11.2. The second-order valence-corrected chi connectivity index (χ2v) is 5.58. The highest BCUT2D eigenvalue weighted by atomic mass is 16.4.